The number of halogens is 2. The quantitative estimate of drug-likeness (QED) is 0.902. The van der Waals surface area contributed by atoms with E-state index < -0.39 is 10.0 Å². The summed E-state index contributed by atoms with van der Waals surface area (Å²) in [6, 6.07) is 4.73. The van der Waals surface area contributed by atoms with Crippen molar-refractivity contribution in [3.05, 3.63) is 28.2 Å². The third-order valence-corrected chi connectivity index (χ3v) is 7.27. The summed E-state index contributed by atoms with van der Waals surface area (Å²) in [5.41, 5.74) is 0. The third-order valence-electron chi connectivity index (χ3n) is 4.37. The molecular weight excluding hydrogens is 319 g/mol. The molecule has 0 radical (unpaired) electrons. The third kappa shape index (κ3) is 2.16. The lowest BCUT2D eigenvalue weighted by Gasteiger charge is -2.24. The summed E-state index contributed by atoms with van der Waals surface area (Å²) in [6.07, 6.45) is 0. The number of nitrogens with one attached hydrogen (secondary N) is 1. The van der Waals surface area contributed by atoms with Gasteiger partial charge in [0.25, 0.3) is 0 Å². The highest BCUT2D eigenvalue weighted by Gasteiger charge is 2.47. The average Bonchev–Trinajstić information content (AvgIpc) is 2.92. The van der Waals surface area contributed by atoms with E-state index in [1.807, 2.05) is 6.92 Å². The molecule has 4 nitrogen and oxygen atoms in total. The van der Waals surface area contributed by atoms with Crippen LogP contribution < -0.4 is 5.32 Å². The molecule has 2 heterocycles. The van der Waals surface area contributed by atoms with E-state index in [1.165, 1.54) is 0 Å². The normalized spacial score (nSPS) is 30.6. The maximum absolute atomic E-state index is 12.9. The van der Waals surface area contributed by atoms with Crippen LogP contribution in [-0.2, 0) is 10.0 Å². The van der Waals surface area contributed by atoms with Crippen LogP contribution in [0.25, 0.3) is 0 Å². The minimum absolute atomic E-state index is 0.0307. The van der Waals surface area contributed by atoms with Gasteiger partial charge in [-0.3, -0.25) is 0 Å². The number of hydrogen-bond donors (Lipinski definition) is 1. The van der Waals surface area contributed by atoms with Crippen molar-refractivity contribution in [2.24, 2.45) is 11.8 Å². The second-order valence-corrected chi connectivity index (χ2v) is 8.09. The minimum Gasteiger partial charge on any atom is -0.316 e. The minimum atomic E-state index is -3.65. The second-order valence-electron chi connectivity index (χ2n) is 5.45. The summed E-state index contributed by atoms with van der Waals surface area (Å²) in [4.78, 5) is 0.0307. The van der Waals surface area contributed by atoms with Crippen molar-refractivity contribution in [2.75, 3.05) is 19.6 Å². The summed E-state index contributed by atoms with van der Waals surface area (Å²) in [6.45, 7) is 4.23. The first kappa shape index (κ1) is 14.6. The molecule has 0 aliphatic carbocycles. The predicted molar refractivity (Wildman–Crippen MR) is 79.7 cm³/mol. The van der Waals surface area contributed by atoms with Gasteiger partial charge in [-0.15, -0.1) is 0 Å². The summed E-state index contributed by atoms with van der Waals surface area (Å²) in [5, 5.41) is 3.68. The summed E-state index contributed by atoms with van der Waals surface area (Å²) >= 11 is 12.1. The first-order valence-electron chi connectivity index (χ1n) is 6.59. The fourth-order valence-corrected chi connectivity index (χ4v) is 6.12. The van der Waals surface area contributed by atoms with Gasteiger partial charge in [0.2, 0.25) is 10.0 Å². The van der Waals surface area contributed by atoms with Gasteiger partial charge in [-0.1, -0.05) is 29.3 Å². The molecule has 2 aliphatic heterocycles. The van der Waals surface area contributed by atoms with Crippen molar-refractivity contribution in [3.8, 4) is 0 Å². The van der Waals surface area contributed by atoms with Crippen molar-refractivity contribution < 1.29 is 8.42 Å². The fraction of sp³-hybridized carbons (Fsp3) is 0.538. The molecule has 3 unspecified atom stereocenters. The van der Waals surface area contributed by atoms with Crippen LogP contribution in [0.3, 0.4) is 0 Å². The summed E-state index contributed by atoms with van der Waals surface area (Å²) < 4.78 is 27.3. The number of fused-ring (bicyclic) bond motifs is 1. The Bertz CT molecular complexity index is 615. The highest BCUT2D eigenvalue weighted by atomic mass is 35.5. The summed E-state index contributed by atoms with van der Waals surface area (Å²) in [7, 11) is -3.65. The Balaban J connectivity index is 2.01. The Morgan fingerprint density at radius 1 is 1.25 bits per heavy atom. The molecule has 0 spiro atoms. The van der Waals surface area contributed by atoms with Gasteiger partial charge in [-0.05, 0) is 44.0 Å². The van der Waals surface area contributed by atoms with E-state index in [4.69, 9.17) is 23.2 Å². The first-order valence-corrected chi connectivity index (χ1v) is 8.79. The highest BCUT2D eigenvalue weighted by Crippen LogP contribution is 2.39. The smallest absolute Gasteiger partial charge is 0.246 e. The van der Waals surface area contributed by atoms with E-state index in [2.05, 4.69) is 5.32 Å². The second kappa shape index (κ2) is 5.14. The van der Waals surface area contributed by atoms with E-state index in [1.54, 1.807) is 22.5 Å². The summed E-state index contributed by atoms with van der Waals surface area (Å²) in [5.74, 6) is 0.743. The van der Waals surface area contributed by atoms with Crippen molar-refractivity contribution in [1.82, 2.24) is 9.62 Å². The molecule has 2 fully saturated rings. The van der Waals surface area contributed by atoms with Crippen LogP contribution in [0.2, 0.25) is 10.0 Å². The number of nitrogens with zero attached hydrogens (tertiary/aromatic N) is 1. The molecule has 7 heteroatoms. The molecule has 0 amide bonds. The number of hydrogen-bond acceptors (Lipinski definition) is 3. The molecule has 2 saturated heterocycles. The number of rotatable bonds is 2. The van der Waals surface area contributed by atoms with E-state index in [9.17, 15) is 8.42 Å². The van der Waals surface area contributed by atoms with Gasteiger partial charge >= 0.3 is 0 Å². The lowest BCUT2D eigenvalue weighted by molar-refractivity contribution is 0.360. The average molecular weight is 335 g/mol. The lowest BCUT2D eigenvalue weighted by atomic mass is 9.95. The number of sulfonamides is 1. The first-order chi connectivity index (χ1) is 9.43. The molecule has 1 aromatic carbocycles. The monoisotopic (exact) mass is 334 g/mol. The molecule has 0 aromatic heterocycles. The van der Waals surface area contributed by atoms with E-state index in [0.29, 0.717) is 18.4 Å². The van der Waals surface area contributed by atoms with Crippen LogP contribution in [0, 0.1) is 11.8 Å². The lowest BCUT2D eigenvalue weighted by Crippen LogP contribution is -2.38. The molecule has 1 aromatic rings. The zero-order chi connectivity index (χ0) is 14.5. The van der Waals surface area contributed by atoms with Crippen molar-refractivity contribution in [2.45, 2.75) is 17.9 Å². The van der Waals surface area contributed by atoms with Crippen LogP contribution >= 0.6 is 23.2 Å². The Labute approximate surface area is 129 Å². The maximum atomic E-state index is 12.9. The predicted octanol–water partition coefficient (Wildman–Crippen LogP) is 2.22. The van der Waals surface area contributed by atoms with Crippen LogP contribution in [0.5, 0.6) is 0 Å². The standard InChI is InChI=1S/C13H16Cl2N2O2S/c1-8-10-6-16-5-9(10)7-17(8)20(18,19)13-11(14)3-2-4-12(13)15/h2-4,8-10,16H,5-7H2,1H3. The topological polar surface area (TPSA) is 49.4 Å². The van der Waals surface area contributed by atoms with E-state index in [0.717, 1.165) is 13.1 Å². The van der Waals surface area contributed by atoms with Crippen LogP contribution in [0.4, 0.5) is 0 Å². The van der Waals surface area contributed by atoms with Crippen molar-refractivity contribution in [1.29, 1.82) is 0 Å². The zero-order valence-corrected chi connectivity index (χ0v) is 13.3. The highest BCUT2D eigenvalue weighted by molar-refractivity contribution is 7.89. The molecule has 0 bridgehead atoms. The van der Waals surface area contributed by atoms with E-state index >= 15 is 0 Å². The fourth-order valence-electron chi connectivity index (χ4n) is 3.29. The van der Waals surface area contributed by atoms with Gasteiger partial charge in [-0.25, -0.2) is 8.42 Å². The zero-order valence-electron chi connectivity index (χ0n) is 11.0. The van der Waals surface area contributed by atoms with Crippen LogP contribution in [-0.4, -0.2) is 38.4 Å². The van der Waals surface area contributed by atoms with Gasteiger partial charge in [-0.2, -0.15) is 4.31 Å². The largest absolute Gasteiger partial charge is 0.316 e. The van der Waals surface area contributed by atoms with Crippen molar-refractivity contribution in [3.63, 3.8) is 0 Å². The molecule has 110 valence electrons. The maximum Gasteiger partial charge on any atom is 0.246 e. The molecule has 2 aliphatic rings. The van der Waals surface area contributed by atoms with Gasteiger partial charge in [0.05, 0.1) is 10.0 Å². The molecule has 3 rings (SSSR count). The molecule has 1 N–H and O–H groups in total. The van der Waals surface area contributed by atoms with Gasteiger partial charge in [0.1, 0.15) is 4.90 Å². The molecule has 3 atom stereocenters. The Morgan fingerprint density at radius 3 is 2.50 bits per heavy atom. The Morgan fingerprint density at radius 2 is 1.90 bits per heavy atom. The van der Waals surface area contributed by atoms with Crippen LogP contribution in [0.1, 0.15) is 6.92 Å². The Kier molecular flexibility index (Phi) is 3.75. The van der Waals surface area contributed by atoms with Gasteiger partial charge < -0.3 is 5.32 Å². The Hall–Kier alpha value is -0.330. The molecule has 0 saturated carbocycles. The van der Waals surface area contributed by atoms with Gasteiger partial charge in [0, 0.05) is 12.6 Å². The molecular formula is C13H16Cl2N2O2S. The van der Waals surface area contributed by atoms with Crippen LogP contribution in [0.15, 0.2) is 23.1 Å². The SMILES string of the molecule is CC1C2CNCC2CN1S(=O)(=O)c1c(Cl)cccc1Cl. The van der Waals surface area contributed by atoms with E-state index in [-0.39, 0.29) is 21.0 Å². The van der Waals surface area contributed by atoms with Crippen molar-refractivity contribution >= 4 is 33.2 Å². The molecule has 20 heavy (non-hydrogen) atoms. The van der Waals surface area contributed by atoms with Gasteiger partial charge in [0.15, 0.2) is 0 Å². The number of benzene rings is 1.